The lowest BCUT2D eigenvalue weighted by Gasteiger charge is -2.33. The first-order valence-electron chi connectivity index (χ1n) is 6.32. The number of likely N-dealkylation sites (N-methyl/N-ethyl adjacent to an activating group) is 1. The molecule has 0 amide bonds. The highest BCUT2D eigenvalue weighted by Gasteiger charge is 2.23. The molecule has 1 aromatic carbocycles. The van der Waals surface area contributed by atoms with Crippen molar-refractivity contribution in [2.45, 2.75) is 6.04 Å². The number of nitrogens with one attached hydrogen (secondary N) is 1. The molecule has 1 aliphatic rings. The van der Waals surface area contributed by atoms with E-state index in [9.17, 15) is 0 Å². The van der Waals surface area contributed by atoms with E-state index in [-0.39, 0.29) is 0 Å². The van der Waals surface area contributed by atoms with Crippen molar-refractivity contribution in [1.29, 1.82) is 0 Å². The van der Waals surface area contributed by atoms with Gasteiger partial charge in [-0.1, -0.05) is 22.0 Å². The van der Waals surface area contributed by atoms with Gasteiger partial charge in [0, 0.05) is 54.3 Å². The average Bonchev–Trinajstić information content (AvgIpc) is 2.67. The summed E-state index contributed by atoms with van der Waals surface area (Å²) in [4.78, 5) is 2.44. The van der Waals surface area contributed by atoms with Crippen LogP contribution in [0, 0.1) is 0 Å². The summed E-state index contributed by atoms with van der Waals surface area (Å²) in [6.07, 6.45) is 2.27. The number of aromatic nitrogens is 1. The zero-order chi connectivity index (χ0) is 12.7. The van der Waals surface area contributed by atoms with Crippen molar-refractivity contribution in [3.63, 3.8) is 0 Å². The average molecular weight is 308 g/mol. The zero-order valence-electron chi connectivity index (χ0n) is 10.8. The third-order valence-corrected chi connectivity index (χ3v) is 4.35. The number of nitrogens with zero attached hydrogens (tertiary/aromatic N) is 2. The second kappa shape index (κ2) is 4.68. The number of hydrogen-bond acceptors (Lipinski definition) is 2. The van der Waals surface area contributed by atoms with Crippen LogP contribution in [0.25, 0.3) is 10.9 Å². The second-order valence-electron chi connectivity index (χ2n) is 5.06. The zero-order valence-corrected chi connectivity index (χ0v) is 12.4. The molecule has 1 fully saturated rings. The Morgan fingerprint density at radius 1 is 1.33 bits per heavy atom. The number of halogens is 1. The van der Waals surface area contributed by atoms with Crippen LogP contribution in [-0.2, 0) is 7.05 Å². The maximum absolute atomic E-state index is 3.55. The van der Waals surface area contributed by atoms with Crippen molar-refractivity contribution in [3.8, 4) is 0 Å². The van der Waals surface area contributed by atoms with E-state index < -0.39 is 0 Å². The van der Waals surface area contributed by atoms with Gasteiger partial charge in [-0.3, -0.25) is 4.90 Å². The van der Waals surface area contributed by atoms with E-state index in [4.69, 9.17) is 0 Å². The van der Waals surface area contributed by atoms with Crippen molar-refractivity contribution < 1.29 is 0 Å². The summed E-state index contributed by atoms with van der Waals surface area (Å²) in [5.74, 6) is 0. The van der Waals surface area contributed by atoms with Crippen LogP contribution in [0.2, 0.25) is 0 Å². The molecule has 1 N–H and O–H groups in total. The fraction of sp³-hybridized carbons (Fsp3) is 0.429. The monoisotopic (exact) mass is 307 g/mol. The maximum atomic E-state index is 3.55. The van der Waals surface area contributed by atoms with Gasteiger partial charge < -0.3 is 9.88 Å². The molecule has 0 radical (unpaired) electrons. The van der Waals surface area contributed by atoms with E-state index in [1.165, 1.54) is 16.5 Å². The van der Waals surface area contributed by atoms with Crippen LogP contribution in [0.3, 0.4) is 0 Å². The molecule has 1 unspecified atom stereocenters. The molecule has 96 valence electrons. The fourth-order valence-corrected chi connectivity index (χ4v) is 3.16. The van der Waals surface area contributed by atoms with Crippen LogP contribution >= 0.6 is 15.9 Å². The van der Waals surface area contributed by atoms with Crippen LogP contribution in [-0.4, -0.2) is 36.1 Å². The van der Waals surface area contributed by atoms with E-state index in [0.717, 1.165) is 24.1 Å². The van der Waals surface area contributed by atoms with Gasteiger partial charge in [-0.25, -0.2) is 0 Å². The Bertz CT molecular complexity index is 576. The van der Waals surface area contributed by atoms with Gasteiger partial charge in [0.2, 0.25) is 0 Å². The summed E-state index contributed by atoms with van der Waals surface area (Å²) < 4.78 is 3.36. The van der Waals surface area contributed by atoms with E-state index in [1.54, 1.807) is 0 Å². The lowest BCUT2D eigenvalue weighted by atomic mass is 10.0. The molecule has 1 aromatic heterocycles. The smallest absolute Gasteiger partial charge is 0.0492 e. The highest BCUT2D eigenvalue weighted by molar-refractivity contribution is 9.10. The molecule has 1 atom stereocenters. The van der Waals surface area contributed by atoms with Gasteiger partial charge in [0.1, 0.15) is 0 Å². The first kappa shape index (κ1) is 12.2. The Hall–Kier alpha value is -0.840. The molecule has 3 nitrogen and oxygen atoms in total. The Balaban J connectivity index is 2.11. The quantitative estimate of drug-likeness (QED) is 0.873. The van der Waals surface area contributed by atoms with Gasteiger partial charge in [-0.2, -0.15) is 0 Å². The lowest BCUT2D eigenvalue weighted by molar-refractivity contribution is 0.203. The SMILES string of the molecule is CN1CCNCC1c1cn(C)c2cc(Br)ccc12. The highest BCUT2D eigenvalue weighted by atomic mass is 79.9. The van der Waals surface area contributed by atoms with Crippen molar-refractivity contribution in [1.82, 2.24) is 14.8 Å². The summed E-state index contributed by atoms with van der Waals surface area (Å²) >= 11 is 3.55. The van der Waals surface area contributed by atoms with E-state index in [1.807, 2.05) is 0 Å². The van der Waals surface area contributed by atoms with Crippen molar-refractivity contribution >= 4 is 26.8 Å². The van der Waals surface area contributed by atoms with Crippen LogP contribution in [0.4, 0.5) is 0 Å². The standard InChI is InChI=1S/C14H18BrN3/c1-17-6-5-16-8-14(17)12-9-18(2)13-7-10(15)3-4-11(12)13/h3-4,7,9,14,16H,5-6,8H2,1-2H3. The van der Waals surface area contributed by atoms with Crippen molar-refractivity contribution in [3.05, 3.63) is 34.4 Å². The number of fused-ring (bicyclic) bond motifs is 1. The molecular weight excluding hydrogens is 290 g/mol. The minimum absolute atomic E-state index is 0.476. The molecule has 2 heterocycles. The predicted octanol–water partition coefficient (Wildman–Crippen LogP) is 2.52. The van der Waals surface area contributed by atoms with Gasteiger partial charge in [0.15, 0.2) is 0 Å². The third kappa shape index (κ3) is 1.98. The van der Waals surface area contributed by atoms with E-state index >= 15 is 0 Å². The summed E-state index contributed by atoms with van der Waals surface area (Å²) in [5, 5.41) is 4.85. The lowest BCUT2D eigenvalue weighted by Crippen LogP contribution is -2.43. The van der Waals surface area contributed by atoms with Gasteiger partial charge >= 0.3 is 0 Å². The summed E-state index contributed by atoms with van der Waals surface area (Å²) in [6, 6.07) is 7.01. The normalized spacial score (nSPS) is 21.6. The van der Waals surface area contributed by atoms with Gasteiger partial charge in [0.05, 0.1) is 0 Å². The topological polar surface area (TPSA) is 20.2 Å². The minimum atomic E-state index is 0.476. The number of aryl methyl sites for hydroxylation is 1. The minimum Gasteiger partial charge on any atom is -0.350 e. The Morgan fingerprint density at radius 2 is 2.17 bits per heavy atom. The summed E-state index contributed by atoms with van der Waals surface area (Å²) in [5.41, 5.74) is 2.72. The fourth-order valence-electron chi connectivity index (χ4n) is 2.81. The van der Waals surface area contributed by atoms with Crippen molar-refractivity contribution in [2.24, 2.45) is 7.05 Å². The third-order valence-electron chi connectivity index (χ3n) is 3.85. The predicted molar refractivity (Wildman–Crippen MR) is 78.9 cm³/mol. The van der Waals surface area contributed by atoms with Gasteiger partial charge in [-0.05, 0) is 24.7 Å². The molecule has 0 spiro atoms. The largest absolute Gasteiger partial charge is 0.350 e. The van der Waals surface area contributed by atoms with Crippen molar-refractivity contribution in [2.75, 3.05) is 26.7 Å². The first-order chi connectivity index (χ1) is 8.66. The van der Waals surface area contributed by atoms with Crippen LogP contribution in [0.1, 0.15) is 11.6 Å². The second-order valence-corrected chi connectivity index (χ2v) is 5.97. The maximum Gasteiger partial charge on any atom is 0.0492 e. The Labute approximate surface area is 116 Å². The molecule has 4 heteroatoms. The molecule has 18 heavy (non-hydrogen) atoms. The highest BCUT2D eigenvalue weighted by Crippen LogP contribution is 2.31. The number of piperazine rings is 1. The van der Waals surface area contributed by atoms with Gasteiger partial charge in [-0.15, -0.1) is 0 Å². The molecule has 0 aliphatic carbocycles. The van der Waals surface area contributed by atoms with E-state index in [2.05, 4.69) is 69.2 Å². The Kier molecular flexibility index (Phi) is 3.18. The van der Waals surface area contributed by atoms with Crippen LogP contribution in [0.15, 0.2) is 28.9 Å². The number of hydrogen-bond donors (Lipinski definition) is 1. The molecule has 1 saturated heterocycles. The molecule has 3 rings (SSSR count). The Morgan fingerprint density at radius 3 is 2.94 bits per heavy atom. The van der Waals surface area contributed by atoms with Crippen LogP contribution in [0.5, 0.6) is 0 Å². The summed E-state index contributed by atoms with van der Waals surface area (Å²) in [6.45, 7) is 3.23. The molecule has 1 aliphatic heterocycles. The van der Waals surface area contributed by atoms with E-state index in [0.29, 0.717) is 6.04 Å². The summed E-state index contributed by atoms with van der Waals surface area (Å²) in [7, 11) is 4.33. The molecule has 0 bridgehead atoms. The molecule has 2 aromatic rings. The number of rotatable bonds is 1. The number of benzene rings is 1. The molecular formula is C14H18BrN3. The first-order valence-corrected chi connectivity index (χ1v) is 7.11. The van der Waals surface area contributed by atoms with Crippen LogP contribution < -0.4 is 5.32 Å². The molecule has 0 saturated carbocycles. The van der Waals surface area contributed by atoms with Gasteiger partial charge in [0.25, 0.3) is 0 Å².